The Hall–Kier alpha value is -2.04. The Labute approximate surface area is 72.6 Å². The van der Waals surface area contributed by atoms with Gasteiger partial charge in [-0.1, -0.05) is 0 Å². The number of nitrogens with zero attached hydrogens (tertiary/aromatic N) is 1. The van der Waals surface area contributed by atoms with Gasteiger partial charge in [-0.3, -0.25) is 5.10 Å². The Morgan fingerprint density at radius 3 is 2.92 bits per heavy atom. The van der Waals surface area contributed by atoms with Crippen molar-refractivity contribution in [1.29, 1.82) is 0 Å². The van der Waals surface area contributed by atoms with Crippen molar-refractivity contribution < 1.29 is 15.0 Å². The third kappa shape index (κ3) is 1.01. The highest BCUT2D eigenvalue weighted by atomic mass is 16.4. The average molecular weight is 178 g/mol. The highest BCUT2D eigenvalue weighted by Crippen LogP contribution is 2.24. The number of phenolic OH excluding ortho intramolecular Hbond substituents is 1. The third-order valence-corrected chi connectivity index (χ3v) is 1.82. The van der Waals surface area contributed by atoms with Gasteiger partial charge in [0.05, 0.1) is 11.8 Å². The number of hydrogen-bond donors (Lipinski definition) is 3. The largest absolute Gasteiger partial charge is 0.506 e. The number of hydrogen-bond acceptors (Lipinski definition) is 3. The minimum Gasteiger partial charge on any atom is -0.506 e. The number of nitrogens with one attached hydrogen (secondary N) is 1. The van der Waals surface area contributed by atoms with Gasteiger partial charge in [-0.05, 0) is 12.1 Å². The van der Waals surface area contributed by atoms with E-state index in [4.69, 9.17) is 5.11 Å². The molecular weight excluding hydrogens is 172 g/mol. The van der Waals surface area contributed by atoms with Crippen molar-refractivity contribution in [3.63, 3.8) is 0 Å². The normalized spacial score (nSPS) is 10.5. The lowest BCUT2D eigenvalue weighted by atomic mass is 10.1. The van der Waals surface area contributed by atoms with Crippen molar-refractivity contribution in [2.45, 2.75) is 0 Å². The van der Waals surface area contributed by atoms with Crippen LogP contribution in [0.3, 0.4) is 0 Å². The van der Waals surface area contributed by atoms with Gasteiger partial charge >= 0.3 is 5.97 Å². The second-order valence-corrected chi connectivity index (χ2v) is 2.60. The van der Waals surface area contributed by atoms with Gasteiger partial charge in [0.15, 0.2) is 0 Å². The minimum absolute atomic E-state index is 0.00231. The average Bonchev–Trinajstić information content (AvgIpc) is 2.53. The van der Waals surface area contributed by atoms with Gasteiger partial charge in [0.2, 0.25) is 0 Å². The summed E-state index contributed by atoms with van der Waals surface area (Å²) in [6.07, 6.45) is 1.37. The number of carbonyl (C=O) groups is 1. The van der Waals surface area contributed by atoms with Gasteiger partial charge in [-0.15, -0.1) is 0 Å². The molecule has 0 fully saturated rings. The van der Waals surface area contributed by atoms with E-state index in [1.165, 1.54) is 18.3 Å². The standard InChI is InChI=1S/C8H6N2O3/c11-6-2-1-4(8(12)13)5-3-9-10-7(5)6/h1-3,11H,(H,9,10)(H,12,13). The van der Waals surface area contributed by atoms with Gasteiger partial charge in [0.1, 0.15) is 11.3 Å². The summed E-state index contributed by atoms with van der Waals surface area (Å²) in [6, 6.07) is 2.67. The fourth-order valence-electron chi connectivity index (χ4n) is 1.21. The Morgan fingerprint density at radius 1 is 1.46 bits per heavy atom. The van der Waals surface area contributed by atoms with Gasteiger partial charge in [0, 0.05) is 5.39 Å². The molecule has 2 aromatic rings. The van der Waals surface area contributed by atoms with E-state index in [2.05, 4.69) is 10.2 Å². The number of phenols is 1. The SMILES string of the molecule is O=C(O)c1ccc(O)c2[nH]ncc12. The van der Waals surface area contributed by atoms with Crippen LogP contribution in [-0.4, -0.2) is 26.4 Å². The number of carboxylic acids is 1. The number of carboxylic acid groups (broad SMARTS) is 1. The smallest absolute Gasteiger partial charge is 0.336 e. The second kappa shape index (κ2) is 2.48. The zero-order chi connectivity index (χ0) is 9.42. The summed E-state index contributed by atoms with van der Waals surface area (Å²) in [7, 11) is 0. The zero-order valence-electron chi connectivity index (χ0n) is 6.48. The minimum atomic E-state index is -1.04. The molecule has 13 heavy (non-hydrogen) atoms. The first-order chi connectivity index (χ1) is 6.20. The molecule has 1 aromatic carbocycles. The fourth-order valence-corrected chi connectivity index (χ4v) is 1.21. The lowest BCUT2D eigenvalue weighted by Gasteiger charge is -1.97. The van der Waals surface area contributed by atoms with Crippen LogP contribution in [0.15, 0.2) is 18.3 Å². The lowest BCUT2D eigenvalue weighted by molar-refractivity contribution is 0.0699. The number of rotatable bonds is 1. The first-order valence-electron chi connectivity index (χ1n) is 3.58. The van der Waals surface area contributed by atoms with E-state index in [0.717, 1.165) is 0 Å². The number of aromatic carboxylic acids is 1. The highest BCUT2D eigenvalue weighted by molar-refractivity contribution is 6.03. The summed E-state index contributed by atoms with van der Waals surface area (Å²) < 4.78 is 0. The van der Waals surface area contributed by atoms with Crippen LogP contribution in [0.1, 0.15) is 10.4 Å². The van der Waals surface area contributed by atoms with E-state index < -0.39 is 5.97 Å². The Balaban J connectivity index is 2.86. The van der Waals surface area contributed by atoms with E-state index in [0.29, 0.717) is 10.9 Å². The number of H-pyrrole nitrogens is 1. The Morgan fingerprint density at radius 2 is 2.23 bits per heavy atom. The van der Waals surface area contributed by atoms with Crippen molar-refractivity contribution in [2.75, 3.05) is 0 Å². The van der Waals surface area contributed by atoms with Gasteiger partial charge in [-0.2, -0.15) is 5.10 Å². The van der Waals surface area contributed by atoms with Crippen molar-refractivity contribution in [2.24, 2.45) is 0 Å². The first-order valence-corrected chi connectivity index (χ1v) is 3.58. The van der Waals surface area contributed by atoms with Crippen LogP contribution < -0.4 is 0 Å². The molecule has 0 unspecified atom stereocenters. The molecule has 0 aliphatic carbocycles. The van der Waals surface area contributed by atoms with Crippen molar-refractivity contribution >= 4 is 16.9 Å². The molecule has 1 aromatic heterocycles. The van der Waals surface area contributed by atoms with Crippen LogP contribution in [0.25, 0.3) is 10.9 Å². The van der Waals surface area contributed by atoms with E-state index in [9.17, 15) is 9.90 Å². The molecule has 2 rings (SSSR count). The number of aromatic nitrogens is 2. The predicted molar refractivity (Wildman–Crippen MR) is 44.7 cm³/mol. The molecule has 0 saturated heterocycles. The Kier molecular flexibility index (Phi) is 1.45. The summed E-state index contributed by atoms with van der Waals surface area (Å²) >= 11 is 0. The summed E-state index contributed by atoms with van der Waals surface area (Å²) in [5.41, 5.74) is 0.474. The summed E-state index contributed by atoms with van der Waals surface area (Å²) in [6.45, 7) is 0. The Bertz CT molecular complexity index is 475. The third-order valence-electron chi connectivity index (χ3n) is 1.82. The van der Waals surface area contributed by atoms with E-state index >= 15 is 0 Å². The fraction of sp³-hybridized carbons (Fsp3) is 0. The van der Waals surface area contributed by atoms with Crippen LogP contribution in [0, 0.1) is 0 Å². The molecule has 5 heteroatoms. The van der Waals surface area contributed by atoms with E-state index in [1.54, 1.807) is 0 Å². The topological polar surface area (TPSA) is 86.2 Å². The van der Waals surface area contributed by atoms with Crippen LogP contribution in [-0.2, 0) is 0 Å². The first kappa shape index (κ1) is 7.60. The number of benzene rings is 1. The maximum absolute atomic E-state index is 10.7. The molecular formula is C8H6N2O3. The molecule has 0 aliphatic heterocycles. The summed E-state index contributed by atoms with van der Waals surface area (Å²) in [5, 5.41) is 24.7. The molecule has 0 aliphatic rings. The van der Waals surface area contributed by atoms with Gasteiger partial charge < -0.3 is 10.2 Å². The molecule has 0 radical (unpaired) electrons. The molecule has 66 valence electrons. The summed E-state index contributed by atoms with van der Waals surface area (Å²) in [4.78, 5) is 10.7. The van der Waals surface area contributed by atoms with E-state index in [1.807, 2.05) is 0 Å². The summed E-state index contributed by atoms with van der Waals surface area (Å²) in [5.74, 6) is -1.04. The van der Waals surface area contributed by atoms with Crippen molar-refractivity contribution in [3.8, 4) is 5.75 Å². The van der Waals surface area contributed by atoms with Crippen LogP contribution in [0.4, 0.5) is 0 Å². The maximum Gasteiger partial charge on any atom is 0.336 e. The molecule has 0 saturated carbocycles. The maximum atomic E-state index is 10.7. The molecule has 0 spiro atoms. The van der Waals surface area contributed by atoms with Crippen molar-refractivity contribution in [1.82, 2.24) is 10.2 Å². The molecule has 1 heterocycles. The highest BCUT2D eigenvalue weighted by Gasteiger charge is 2.11. The van der Waals surface area contributed by atoms with E-state index in [-0.39, 0.29) is 11.3 Å². The second-order valence-electron chi connectivity index (χ2n) is 2.60. The molecule has 0 amide bonds. The molecule has 0 atom stereocenters. The molecule has 5 nitrogen and oxygen atoms in total. The number of fused-ring (bicyclic) bond motifs is 1. The quantitative estimate of drug-likeness (QED) is 0.607. The van der Waals surface area contributed by atoms with Crippen molar-refractivity contribution in [3.05, 3.63) is 23.9 Å². The number of aromatic hydroxyl groups is 1. The molecule has 3 N–H and O–H groups in total. The monoisotopic (exact) mass is 178 g/mol. The van der Waals surface area contributed by atoms with Crippen LogP contribution >= 0.6 is 0 Å². The number of aromatic amines is 1. The lowest BCUT2D eigenvalue weighted by Crippen LogP contribution is -1.95. The van der Waals surface area contributed by atoms with Gasteiger partial charge in [-0.25, -0.2) is 4.79 Å². The van der Waals surface area contributed by atoms with Gasteiger partial charge in [0.25, 0.3) is 0 Å². The molecule has 0 bridgehead atoms. The predicted octanol–water partition coefficient (Wildman–Crippen LogP) is 0.967. The van der Waals surface area contributed by atoms with Crippen LogP contribution in [0.2, 0.25) is 0 Å². The van der Waals surface area contributed by atoms with Crippen LogP contribution in [0.5, 0.6) is 5.75 Å². The zero-order valence-corrected chi connectivity index (χ0v) is 6.48.